The minimum atomic E-state index is -0.407. The fourth-order valence-corrected chi connectivity index (χ4v) is 2.66. The first-order valence-electron chi connectivity index (χ1n) is 8.44. The molecule has 0 aliphatic carbocycles. The van der Waals surface area contributed by atoms with Crippen LogP contribution in [0, 0.1) is 11.3 Å². The van der Waals surface area contributed by atoms with E-state index >= 15 is 0 Å². The van der Waals surface area contributed by atoms with E-state index in [-0.39, 0.29) is 11.7 Å². The minimum absolute atomic E-state index is 0.0284. The van der Waals surface area contributed by atoms with Crippen molar-refractivity contribution in [1.29, 1.82) is 5.26 Å². The summed E-state index contributed by atoms with van der Waals surface area (Å²) in [7, 11) is 1.57. The van der Waals surface area contributed by atoms with Crippen molar-refractivity contribution in [2.45, 2.75) is 32.8 Å². The van der Waals surface area contributed by atoms with Gasteiger partial charge in [0.05, 0.1) is 7.11 Å². The van der Waals surface area contributed by atoms with Crippen molar-refractivity contribution in [3.8, 4) is 17.6 Å². The van der Waals surface area contributed by atoms with E-state index in [4.69, 9.17) is 14.2 Å². The molecule has 1 atom stereocenters. The Labute approximate surface area is 148 Å². The molecule has 0 fully saturated rings. The Kier molecular flexibility index (Phi) is 6.84. The van der Waals surface area contributed by atoms with Gasteiger partial charge >= 0.3 is 0 Å². The summed E-state index contributed by atoms with van der Waals surface area (Å²) in [6.07, 6.45) is 3.17. The quantitative estimate of drug-likeness (QED) is 0.445. The average Bonchev–Trinajstić information content (AvgIpc) is 2.97. The second-order valence-electron chi connectivity index (χ2n) is 5.81. The lowest BCUT2D eigenvalue weighted by Crippen LogP contribution is -2.26. The largest absolute Gasteiger partial charge is 0.496 e. The summed E-state index contributed by atoms with van der Waals surface area (Å²) in [4.78, 5) is 12.2. The molecule has 0 radical (unpaired) electrons. The number of nitriles is 1. The fourth-order valence-electron chi connectivity index (χ4n) is 2.66. The predicted molar refractivity (Wildman–Crippen MR) is 94.5 cm³/mol. The van der Waals surface area contributed by atoms with Crippen molar-refractivity contribution in [3.05, 3.63) is 28.8 Å². The number of nitrogens with one attached hydrogen (secondary N) is 1. The van der Waals surface area contributed by atoms with Crippen LogP contribution in [0.5, 0.6) is 11.5 Å². The molecule has 2 rings (SSSR count). The number of carbonyl (C=O) groups excluding carboxylic acids is 1. The van der Waals surface area contributed by atoms with E-state index in [0.717, 1.165) is 17.7 Å². The topological polar surface area (TPSA) is 80.6 Å². The summed E-state index contributed by atoms with van der Waals surface area (Å²) in [5, 5.41) is 12.0. The molecular weight excluding hydrogens is 320 g/mol. The van der Waals surface area contributed by atoms with Crippen LogP contribution in [0.2, 0.25) is 0 Å². The molecule has 6 nitrogen and oxygen atoms in total. The highest BCUT2D eigenvalue weighted by Gasteiger charge is 2.21. The Morgan fingerprint density at radius 1 is 1.52 bits per heavy atom. The summed E-state index contributed by atoms with van der Waals surface area (Å²) >= 11 is 0. The maximum atomic E-state index is 12.2. The highest BCUT2D eigenvalue weighted by Crippen LogP contribution is 2.35. The van der Waals surface area contributed by atoms with E-state index in [1.54, 1.807) is 7.11 Å². The number of amides is 1. The summed E-state index contributed by atoms with van der Waals surface area (Å²) in [6.45, 7) is 5.61. The number of rotatable bonds is 8. The molecule has 0 aromatic heterocycles. The minimum Gasteiger partial charge on any atom is -0.496 e. The van der Waals surface area contributed by atoms with E-state index in [1.807, 2.05) is 32.0 Å². The van der Waals surface area contributed by atoms with Crippen LogP contribution in [-0.4, -0.2) is 38.9 Å². The molecule has 0 saturated carbocycles. The Hall–Kier alpha value is -2.52. The molecular formula is C19H24N2O4. The highest BCUT2D eigenvalue weighted by molar-refractivity contribution is 6.02. The Balaban J connectivity index is 2.12. The standard InChI is InChI=1S/C19H24N2O4/c1-4-24-7-5-6-21-19(22)16(12-20)9-15-11-18-14(8-13(2)25-18)10-17(15)23-3/h9-11,13H,4-8H2,1-3H3,(H,21,22)/b16-9+. The van der Waals surface area contributed by atoms with Crippen LogP contribution in [0.1, 0.15) is 31.4 Å². The van der Waals surface area contributed by atoms with Crippen LogP contribution in [0.3, 0.4) is 0 Å². The number of ether oxygens (including phenoxy) is 3. The number of benzene rings is 1. The van der Waals surface area contributed by atoms with Crippen molar-refractivity contribution in [2.24, 2.45) is 0 Å². The predicted octanol–water partition coefficient (Wildman–Crippen LogP) is 2.47. The maximum Gasteiger partial charge on any atom is 0.261 e. The average molecular weight is 344 g/mol. The van der Waals surface area contributed by atoms with Gasteiger partial charge in [-0.2, -0.15) is 5.26 Å². The summed E-state index contributed by atoms with van der Waals surface area (Å²) in [6, 6.07) is 5.67. The zero-order valence-corrected chi connectivity index (χ0v) is 14.9. The first-order valence-corrected chi connectivity index (χ1v) is 8.44. The van der Waals surface area contributed by atoms with Gasteiger partial charge in [-0.3, -0.25) is 4.79 Å². The van der Waals surface area contributed by atoms with Crippen LogP contribution in [0.25, 0.3) is 6.08 Å². The van der Waals surface area contributed by atoms with E-state index < -0.39 is 5.91 Å². The van der Waals surface area contributed by atoms with Crippen molar-refractivity contribution >= 4 is 12.0 Å². The number of hydrogen-bond acceptors (Lipinski definition) is 5. The molecule has 1 amide bonds. The monoisotopic (exact) mass is 344 g/mol. The lowest BCUT2D eigenvalue weighted by Gasteiger charge is -2.09. The van der Waals surface area contributed by atoms with Crippen LogP contribution < -0.4 is 14.8 Å². The summed E-state index contributed by atoms with van der Waals surface area (Å²) in [5.41, 5.74) is 1.75. The van der Waals surface area contributed by atoms with Crippen LogP contribution in [-0.2, 0) is 16.0 Å². The van der Waals surface area contributed by atoms with Gasteiger partial charge in [-0.1, -0.05) is 0 Å². The van der Waals surface area contributed by atoms with Crippen molar-refractivity contribution in [3.63, 3.8) is 0 Å². The molecule has 6 heteroatoms. The number of carbonyl (C=O) groups is 1. The Morgan fingerprint density at radius 2 is 2.32 bits per heavy atom. The first kappa shape index (κ1) is 18.8. The van der Waals surface area contributed by atoms with Crippen LogP contribution in [0.4, 0.5) is 0 Å². The Bertz CT molecular complexity index is 691. The van der Waals surface area contributed by atoms with E-state index in [9.17, 15) is 10.1 Å². The molecule has 1 aromatic rings. The van der Waals surface area contributed by atoms with Gasteiger partial charge in [0.15, 0.2) is 0 Å². The first-order chi connectivity index (χ1) is 12.1. The Morgan fingerprint density at radius 3 is 3.00 bits per heavy atom. The number of hydrogen-bond donors (Lipinski definition) is 1. The van der Waals surface area contributed by atoms with E-state index in [2.05, 4.69) is 5.32 Å². The third kappa shape index (κ3) is 4.97. The highest BCUT2D eigenvalue weighted by atomic mass is 16.5. The molecule has 0 spiro atoms. The zero-order valence-electron chi connectivity index (χ0n) is 14.9. The van der Waals surface area contributed by atoms with Crippen LogP contribution in [0.15, 0.2) is 17.7 Å². The molecule has 0 saturated heterocycles. The zero-order chi connectivity index (χ0) is 18.2. The van der Waals surface area contributed by atoms with E-state index in [1.165, 1.54) is 6.08 Å². The number of methoxy groups -OCH3 is 1. The van der Waals surface area contributed by atoms with Gasteiger partial charge in [-0.05, 0) is 38.5 Å². The van der Waals surface area contributed by atoms with Gasteiger partial charge in [-0.15, -0.1) is 0 Å². The van der Waals surface area contributed by atoms with Crippen molar-refractivity contribution in [1.82, 2.24) is 5.32 Å². The van der Waals surface area contributed by atoms with Gasteiger partial charge in [0.25, 0.3) is 5.91 Å². The smallest absolute Gasteiger partial charge is 0.261 e. The maximum absolute atomic E-state index is 12.2. The van der Waals surface area contributed by atoms with Gasteiger partial charge in [0.1, 0.15) is 29.2 Å². The van der Waals surface area contributed by atoms with E-state index in [0.29, 0.717) is 37.5 Å². The van der Waals surface area contributed by atoms with Crippen LogP contribution >= 0.6 is 0 Å². The van der Waals surface area contributed by atoms with Crippen molar-refractivity contribution < 1.29 is 19.0 Å². The normalized spacial score (nSPS) is 15.9. The summed E-state index contributed by atoms with van der Waals surface area (Å²) < 4.78 is 16.4. The third-order valence-corrected chi connectivity index (χ3v) is 3.87. The van der Waals surface area contributed by atoms with Crippen molar-refractivity contribution in [2.75, 3.05) is 26.9 Å². The molecule has 1 heterocycles. The third-order valence-electron chi connectivity index (χ3n) is 3.87. The summed E-state index contributed by atoms with van der Waals surface area (Å²) in [5.74, 6) is 0.984. The molecule has 1 N–H and O–H groups in total. The number of fused-ring (bicyclic) bond motifs is 1. The number of nitrogens with zero attached hydrogens (tertiary/aromatic N) is 1. The second-order valence-corrected chi connectivity index (χ2v) is 5.81. The SMILES string of the molecule is CCOCCCNC(=O)/C(C#N)=C/c1cc2c(cc1OC)CC(C)O2. The lowest BCUT2D eigenvalue weighted by atomic mass is 10.0. The molecule has 25 heavy (non-hydrogen) atoms. The van der Waals surface area contributed by atoms with Gasteiger partial charge < -0.3 is 19.5 Å². The molecule has 1 aromatic carbocycles. The lowest BCUT2D eigenvalue weighted by molar-refractivity contribution is -0.117. The van der Waals surface area contributed by atoms with Gasteiger partial charge in [-0.25, -0.2) is 0 Å². The second kappa shape index (κ2) is 9.09. The molecule has 1 aliphatic heterocycles. The molecule has 1 unspecified atom stereocenters. The van der Waals surface area contributed by atoms with Gasteiger partial charge in [0, 0.05) is 37.3 Å². The fraction of sp³-hybridized carbons (Fsp3) is 0.474. The van der Waals surface area contributed by atoms with Gasteiger partial charge in [0.2, 0.25) is 0 Å². The molecule has 1 aliphatic rings. The molecule has 0 bridgehead atoms. The molecule has 134 valence electrons.